The number of hydrazone groups is 1. The van der Waals surface area contributed by atoms with Gasteiger partial charge >= 0.3 is 0 Å². The second-order valence-corrected chi connectivity index (χ2v) is 3.36. The molecule has 4 nitrogen and oxygen atoms in total. The highest BCUT2D eigenvalue weighted by atomic mass is 79.9. The molecule has 1 aliphatic rings. The van der Waals surface area contributed by atoms with Crippen LogP contribution < -0.4 is 11.6 Å². The van der Waals surface area contributed by atoms with Crippen LogP contribution >= 0.6 is 15.9 Å². The molecule has 0 bridgehead atoms. The van der Waals surface area contributed by atoms with Crippen LogP contribution in [0.25, 0.3) is 0 Å². The predicted molar refractivity (Wildman–Crippen MR) is 53.5 cm³/mol. The van der Waals surface area contributed by atoms with E-state index < -0.39 is 0 Å². The first-order valence-electron chi connectivity index (χ1n) is 3.46. The molecule has 0 radical (unpaired) electrons. The fourth-order valence-electron chi connectivity index (χ4n) is 0.930. The van der Waals surface area contributed by atoms with Crippen LogP contribution in [-0.2, 0) is 0 Å². The first-order valence-corrected chi connectivity index (χ1v) is 4.25. The summed E-state index contributed by atoms with van der Waals surface area (Å²) >= 11 is 3.38. The fraction of sp³-hybridized carbons (Fsp3) is 0.286. The van der Waals surface area contributed by atoms with Crippen molar-refractivity contribution < 1.29 is 0 Å². The van der Waals surface area contributed by atoms with E-state index in [1.165, 1.54) is 0 Å². The SMILES string of the molecule is CN1CC(C(N)=NN)=CC=C1Br. The Morgan fingerprint density at radius 2 is 2.33 bits per heavy atom. The van der Waals surface area contributed by atoms with E-state index in [4.69, 9.17) is 11.6 Å². The number of amidine groups is 1. The molecule has 0 atom stereocenters. The van der Waals surface area contributed by atoms with Crippen LogP contribution in [0.2, 0.25) is 0 Å². The smallest absolute Gasteiger partial charge is 0.148 e. The van der Waals surface area contributed by atoms with E-state index in [-0.39, 0.29) is 0 Å². The molecule has 0 amide bonds. The van der Waals surface area contributed by atoms with Crippen molar-refractivity contribution >= 4 is 21.8 Å². The zero-order chi connectivity index (χ0) is 9.14. The lowest BCUT2D eigenvalue weighted by Crippen LogP contribution is -2.28. The number of likely N-dealkylation sites (N-methyl/N-ethyl adjacent to an activating group) is 1. The van der Waals surface area contributed by atoms with Crippen molar-refractivity contribution in [2.45, 2.75) is 0 Å². The van der Waals surface area contributed by atoms with E-state index in [0.717, 1.165) is 16.7 Å². The number of nitrogens with zero attached hydrogens (tertiary/aromatic N) is 2. The largest absolute Gasteiger partial charge is 0.382 e. The third-order valence-electron chi connectivity index (χ3n) is 1.66. The highest BCUT2D eigenvalue weighted by molar-refractivity contribution is 9.11. The van der Waals surface area contributed by atoms with Crippen molar-refractivity contribution in [1.29, 1.82) is 0 Å². The Balaban J connectivity index is 2.84. The molecule has 0 aromatic rings. The van der Waals surface area contributed by atoms with Crippen molar-refractivity contribution in [3.8, 4) is 0 Å². The van der Waals surface area contributed by atoms with Gasteiger partial charge in [0.05, 0.1) is 4.61 Å². The molecule has 5 heteroatoms. The molecule has 1 heterocycles. The third kappa shape index (κ3) is 1.79. The van der Waals surface area contributed by atoms with Gasteiger partial charge in [-0.05, 0) is 22.0 Å². The maximum Gasteiger partial charge on any atom is 0.148 e. The van der Waals surface area contributed by atoms with E-state index in [2.05, 4.69) is 21.0 Å². The van der Waals surface area contributed by atoms with Gasteiger partial charge in [0.1, 0.15) is 5.84 Å². The molecule has 0 fully saturated rings. The van der Waals surface area contributed by atoms with E-state index in [1.807, 2.05) is 24.1 Å². The highest BCUT2D eigenvalue weighted by Crippen LogP contribution is 2.17. The zero-order valence-electron chi connectivity index (χ0n) is 6.79. The molecule has 0 aromatic heterocycles. The Hall–Kier alpha value is -0.970. The lowest BCUT2D eigenvalue weighted by Gasteiger charge is -2.22. The number of hydrogen-bond donors (Lipinski definition) is 2. The van der Waals surface area contributed by atoms with Crippen LogP contribution in [0.4, 0.5) is 0 Å². The third-order valence-corrected chi connectivity index (χ3v) is 2.53. The molecule has 12 heavy (non-hydrogen) atoms. The van der Waals surface area contributed by atoms with Crippen molar-refractivity contribution in [3.63, 3.8) is 0 Å². The average molecular weight is 231 g/mol. The van der Waals surface area contributed by atoms with Crippen LogP contribution in [0.5, 0.6) is 0 Å². The Morgan fingerprint density at radius 1 is 1.67 bits per heavy atom. The topological polar surface area (TPSA) is 67.6 Å². The van der Waals surface area contributed by atoms with Crippen LogP contribution in [0.3, 0.4) is 0 Å². The van der Waals surface area contributed by atoms with E-state index in [1.54, 1.807) is 0 Å². The van der Waals surface area contributed by atoms with Gasteiger partial charge in [-0.25, -0.2) is 0 Å². The standard InChI is InChI=1S/C7H11BrN4/c1-12-4-5(7(9)11-10)2-3-6(12)8/h2-3H,4,10H2,1H3,(H2,9,11). The van der Waals surface area contributed by atoms with Crippen LogP contribution in [0.15, 0.2) is 27.4 Å². The Kier molecular flexibility index (Phi) is 2.75. The first kappa shape index (κ1) is 9.12. The van der Waals surface area contributed by atoms with Crippen LogP contribution in [0, 0.1) is 0 Å². The Labute approximate surface area is 79.7 Å². The molecule has 0 spiro atoms. The lowest BCUT2D eigenvalue weighted by molar-refractivity contribution is 0.488. The molecule has 0 unspecified atom stereocenters. The van der Waals surface area contributed by atoms with Crippen LogP contribution in [-0.4, -0.2) is 24.3 Å². The van der Waals surface area contributed by atoms with Gasteiger partial charge in [0.2, 0.25) is 0 Å². The summed E-state index contributed by atoms with van der Waals surface area (Å²) in [6.45, 7) is 0.726. The summed E-state index contributed by atoms with van der Waals surface area (Å²) in [5, 5.41) is 3.43. The molecule has 1 aliphatic heterocycles. The van der Waals surface area contributed by atoms with Gasteiger partial charge in [0.25, 0.3) is 0 Å². The fourth-order valence-corrected chi connectivity index (χ4v) is 1.19. The second-order valence-electron chi connectivity index (χ2n) is 2.55. The monoisotopic (exact) mass is 230 g/mol. The van der Waals surface area contributed by atoms with Gasteiger partial charge in [-0.15, -0.1) is 0 Å². The maximum atomic E-state index is 5.54. The molecule has 0 saturated carbocycles. The minimum Gasteiger partial charge on any atom is -0.382 e. The van der Waals surface area contributed by atoms with Crippen molar-refractivity contribution in [3.05, 3.63) is 22.3 Å². The summed E-state index contributed by atoms with van der Waals surface area (Å²) in [6.07, 6.45) is 3.81. The van der Waals surface area contributed by atoms with E-state index in [0.29, 0.717) is 5.84 Å². The predicted octanol–water partition coefficient (Wildman–Crippen LogP) is 0.325. The minimum absolute atomic E-state index is 0.387. The Morgan fingerprint density at radius 3 is 2.83 bits per heavy atom. The molecule has 4 N–H and O–H groups in total. The maximum absolute atomic E-state index is 5.54. The number of hydrogen-bond acceptors (Lipinski definition) is 3. The molecule has 0 aliphatic carbocycles. The van der Waals surface area contributed by atoms with E-state index >= 15 is 0 Å². The van der Waals surface area contributed by atoms with Crippen molar-refractivity contribution in [2.75, 3.05) is 13.6 Å². The molecular weight excluding hydrogens is 220 g/mol. The van der Waals surface area contributed by atoms with Gasteiger partial charge in [-0.2, -0.15) is 5.10 Å². The summed E-state index contributed by atoms with van der Waals surface area (Å²) < 4.78 is 1.02. The second kappa shape index (κ2) is 3.62. The number of nitrogens with two attached hydrogens (primary N) is 2. The van der Waals surface area contributed by atoms with Crippen molar-refractivity contribution in [2.24, 2.45) is 16.7 Å². The summed E-state index contributed by atoms with van der Waals surface area (Å²) in [5.41, 5.74) is 6.47. The zero-order valence-corrected chi connectivity index (χ0v) is 8.37. The van der Waals surface area contributed by atoms with E-state index in [9.17, 15) is 0 Å². The summed E-state index contributed by atoms with van der Waals surface area (Å²) in [4.78, 5) is 2.01. The van der Waals surface area contributed by atoms with Gasteiger partial charge in [-0.1, -0.05) is 6.08 Å². The molecule has 66 valence electrons. The van der Waals surface area contributed by atoms with Crippen molar-refractivity contribution in [1.82, 2.24) is 4.90 Å². The number of allylic oxidation sites excluding steroid dienone is 2. The molecule has 0 saturated heterocycles. The van der Waals surface area contributed by atoms with Gasteiger partial charge in [-0.3, -0.25) is 0 Å². The summed E-state index contributed by atoms with van der Waals surface area (Å²) in [6, 6.07) is 0. The number of rotatable bonds is 1. The van der Waals surface area contributed by atoms with Gasteiger partial charge in [0, 0.05) is 19.2 Å². The quantitative estimate of drug-likeness (QED) is 0.224. The molecular formula is C7H11BrN4. The first-order chi connectivity index (χ1) is 5.65. The molecule has 0 aromatic carbocycles. The molecule has 1 rings (SSSR count). The highest BCUT2D eigenvalue weighted by Gasteiger charge is 2.11. The minimum atomic E-state index is 0.387. The van der Waals surface area contributed by atoms with Gasteiger partial charge < -0.3 is 16.5 Å². The normalized spacial score (nSPS) is 18.8. The average Bonchev–Trinajstić information content (AvgIpc) is 2.08. The summed E-state index contributed by atoms with van der Waals surface area (Å²) in [5.74, 6) is 5.44. The lowest BCUT2D eigenvalue weighted by atomic mass is 10.2. The van der Waals surface area contributed by atoms with Crippen LogP contribution in [0.1, 0.15) is 0 Å². The Bertz CT molecular complexity index is 267. The summed E-state index contributed by atoms with van der Waals surface area (Å²) in [7, 11) is 1.96. The number of halogens is 1. The van der Waals surface area contributed by atoms with Gasteiger partial charge in [0.15, 0.2) is 0 Å².